The van der Waals surface area contributed by atoms with Gasteiger partial charge in [0, 0.05) is 19.1 Å². The van der Waals surface area contributed by atoms with Crippen LogP contribution < -0.4 is 10.6 Å². The van der Waals surface area contributed by atoms with Gasteiger partial charge >= 0.3 is 0 Å². The quantitative estimate of drug-likeness (QED) is 0.897. The van der Waals surface area contributed by atoms with Crippen LogP contribution in [0.5, 0.6) is 0 Å². The highest BCUT2D eigenvalue weighted by molar-refractivity contribution is 7.58. The predicted molar refractivity (Wildman–Crippen MR) is 92.4 cm³/mol. The molecule has 22 heavy (non-hydrogen) atoms. The van der Waals surface area contributed by atoms with E-state index in [0.29, 0.717) is 12.6 Å². The third kappa shape index (κ3) is 3.92. The Balaban J connectivity index is 0.00000176. The fourth-order valence-corrected chi connectivity index (χ4v) is 3.23. The third-order valence-corrected chi connectivity index (χ3v) is 4.47. The molecule has 1 fully saturated rings. The summed E-state index contributed by atoms with van der Waals surface area (Å²) in [7, 11) is 2.00. The number of amides is 1. The van der Waals surface area contributed by atoms with Crippen LogP contribution in [-0.4, -0.2) is 43.5 Å². The van der Waals surface area contributed by atoms with Gasteiger partial charge in [0.2, 0.25) is 5.91 Å². The summed E-state index contributed by atoms with van der Waals surface area (Å²) in [5.41, 5.74) is 2.34. The van der Waals surface area contributed by atoms with Crippen LogP contribution in [0.3, 0.4) is 0 Å². The van der Waals surface area contributed by atoms with Crippen LogP contribution in [0, 0.1) is 0 Å². The molecule has 1 aromatic carbocycles. The molecule has 6 nitrogen and oxygen atoms in total. The molecule has 0 spiro atoms. The average molecular weight is 342 g/mol. The molecule has 0 radical (unpaired) electrons. The number of halogens is 1. The molecule has 1 saturated heterocycles. The van der Waals surface area contributed by atoms with Gasteiger partial charge in [0.1, 0.15) is 11.4 Å². The summed E-state index contributed by atoms with van der Waals surface area (Å²) in [5, 5.41) is 6.24. The van der Waals surface area contributed by atoms with Crippen LogP contribution in [0.1, 0.15) is 12.8 Å². The molecule has 0 atom stereocenters. The zero-order valence-electron chi connectivity index (χ0n) is 12.4. The first-order chi connectivity index (χ1) is 10.3. The molecule has 3 rings (SSSR count). The minimum Gasteiger partial charge on any atom is -0.323 e. The molecule has 8 heteroatoms. The number of benzene rings is 1. The van der Waals surface area contributed by atoms with Gasteiger partial charge in [0.15, 0.2) is 0 Å². The summed E-state index contributed by atoms with van der Waals surface area (Å²) >= 11 is 1.16. The van der Waals surface area contributed by atoms with Gasteiger partial charge in [-0.05, 0) is 32.0 Å². The monoisotopic (exact) mass is 341 g/mol. The third-order valence-electron chi connectivity index (χ3n) is 3.92. The number of nitrogens with one attached hydrogen (secondary N) is 2. The van der Waals surface area contributed by atoms with Crippen molar-refractivity contribution >= 4 is 46.7 Å². The number of anilines is 1. The summed E-state index contributed by atoms with van der Waals surface area (Å²) in [5.74, 6) is 0.0124. The Morgan fingerprint density at radius 2 is 2.14 bits per heavy atom. The molecule has 2 aliphatic heterocycles. The van der Waals surface area contributed by atoms with Gasteiger partial charge in [-0.3, -0.25) is 9.69 Å². The summed E-state index contributed by atoms with van der Waals surface area (Å²) in [6.07, 6.45) is 2.19. The molecule has 0 saturated carbocycles. The zero-order valence-corrected chi connectivity index (χ0v) is 14.0. The van der Waals surface area contributed by atoms with E-state index in [1.807, 2.05) is 25.2 Å². The molecule has 0 bridgehead atoms. The van der Waals surface area contributed by atoms with Crippen molar-refractivity contribution < 1.29 is 4.79 Å². The summed E-state index contributed by atoms with van der Waals surface area (Å²) in [4.78, 5) is 14.4. The van der Waals surface area contributed by atoms with Crippen molar-refractivity contribution in [1.82, 2.24) is 10.2 Å². The second kappa shape index (κ2) is 7.82. The molecule has 120 valence electrons. The second-order valence-electron chi connectivity index (χ2n) is 5.32. The van der Waals surface area contributed by atoms with Gasteiger partial charge in [-0.1, -0.05) is 6.07 Å². The van der Waals surface area contributed by atoms with Gasteiger partial charge in [0.05, 0.1) is 23.6 Å². The molecule has 1 aromatic rings. The molecular formula is C14H20ClN5OS. The molecule has 2 N–H and O–H groups in total. The Bertz CT molecular complexity index is 609. The Labute approximate surface area is 140 Å². The maximum Gasteiger partial charge on any atom is 0.238 e. The van der Waals surface area contributed by atoms with Crippen LogP contribution in [0.4, 0.5) is 17.1 Å². The fraction of sp³-hybridized carbons (Fsp3) is 0.500. The van der Waals surface area contributed by atoms with Crippen molar-refractivity contribution in [2.45, 2.75) is 18.9 Å². The number of rotatable bonds is 4. The molecule has 1 amide bonds. The van der Waals surface area contributed by atoms with E-state index in [0.717, 1.165) is 54.3 Å². The lowest BCUT2D eigenvalue weighted by Crippen LogP contribution is -2.44. The van der Waals surface area contributed by atoms with E-state index in [-0.39, 0.29) is 18.3 Å². The number of likely N-dealkylation sites (tertiary alicyclic amines) is 1. The van der Waals surface area contributed by atoms with Gasteiger partial charge in [-0.2, -0.15) is 8.73 Å². The zero-order chi connectivity index (χ0) is 14.7. The summed E-state index contributed by atoms with van der Waals surface area (Å²) < 4.78 is 8.42. The molecule has 2 aliphatic rings. The van der Waals surface area contributed by atoms with E-state index in [4.69, 9.17) is 0 Å². The topological polar surface area (TPSA) is 69.1 Å². The first kappa shape index (κ1) is 17.1. The maximum atomic E-state index is 12.2. The molecule has 0 aliphatic carbocycles. The van der Waals surface area contributed by atoms with Gasteiger partial charge in [0.25, 0.3) is 0 Å². The minimum atomic E-state index is 0. The van der Waals surface area contributed by atoms with E-state index < -0.39 is 0 Å². The van der Waals surface area contributed by atoms with E-state index in [9.17, 15) is 4.79 Å². The Morgan fingerprint density at radius 3 is 2.86 bits per heavy atom. The van der Waals surface area contributed by atoms with Crippen LogP contribution >= 0.6 is 12.4 Å². The number of hydrogen-bond acceptors (Lipinski definition) is 5. The predicted octanol–water partition coefficient (Wildman–Crippen LogP) is 2.46. The van der Waals surface area contributed by atoms with Crippen LogP contribution in [-0.2, 0) is 16.1 Å². The van der Waals surface area contributed by atoms with Crippen molar-refractivity contribution in [2.75, 3.05) is 32.0 Å². The smallest absolute Gasteiger partial charge is 0.238 e. The number of carbonyl (C=O) groups is 1. The average Bonchev–Trinajstić information content (AvgIpc) is 2.97. The van der Waals surface area contributed by atoms with Crippen LogP contribution in [0.25, 0.3) is 0 Å². The first-order valence-electron chi connectivity index (χ1n) is 7.17. The lowest BCUT2D eigenvalue weighted by atomic mass is 10.1. The van der Waals surface area contributed by atoms with E-state index >= 15 is 0 Å². The summed E-state index contributed by atoms with van der Waals surface area (Å²) in [6.45, 7) is 2.35. The number of hydrogen-bond donors (Lipinski definition) is 2. The van der Waals surface area contributed by atoms with Crippen molar-refractivity contribution in [2.24, 2.45) is 8.73 Å². The van der Waals surface area contributed by atoms with Gasteiger partial charge in [-0.15, -0.1) is 12.4 Å². The number of piperidine rings is 1. The standard InChI is InChI=1S/C14H19N5OS.ClH/c1-15-10-5-7-19(8-6-10)9-13(20)16-11-3-2-4-12-14(11)18-21-17-12;/h2-4,10,15H,5-9H2,1H3,(H,16,20);1H. The SMILES string of the molecule is CNC1CCN(CC(=O)Nc2cccc3c2N=S=N3)CC1.Cl. The maximum absolute atomic E-state index is 12.2. The number of nitrogens with zero attached hydrogens (tertiary/aromatic N) is 3. The highest BCUT2D eigenvalue weighted by Gasteiger charge is 2.20. The second-order valence-corrected chi connectivity index (χ2v) is 5.85. The highest BCUT2D eigenvalue weighted by Crippen LogP contribution is 2.38. The normalized spacial score (nSPS) is 17.5. The molecule has 0 aromatic heterocycles. The first-order valence-corrected chi connectivity index (χ1v) is 7.90. The fourth-order valence-electron chi connectivity index (χ4n) is 2.68. The van der Waals surface area contributed by atoms with Crippen molar-refractivity contribution in [3.8, 4) is 0 Å². The van der Waals surface area contributed by atoms with Crippen molar-refractivity contribution in [3.63, 3.8) is 0 Å². The Kier molecular flexibility index (Phi) is 6.07. The number of fused-ring (bicyclic) bond motifs is 1. The number of carbonyl (C=O) groups excluding carboxylic acids is 1. The lowest BCUT2D eigenvalue weighted by molar-refractivity contribution is -0.117. The van der Waals surface area contributed by atoms with Crippen molar-refractivity contribution in [3.05, 3.63) is 18.2 Å². The van der Waals surface area contributed by atoms with Gasteiger partial charge < -0.3 is 10.6 Å². The van der Waals surface area contributed by atoms with Gasteiger partial charge in [-0.25, -0.2) is 0 Å². The van der Waals surface area contributed by atoms with Crippen molar-refractivity contribution in [1.29, 1.82) is 0 Å². The highest BCUT2D eigenvalue weighted by atomic mass is 35.5. The van der Waals surface area contributed by atoms with E-state index in [1.54, 1.807) is 0 Å². The van der Waals surface area contributed by atoms with E-state index in [1.165, 1.54) is 0 Å². The molecular weight excluding hydrogens is 322 g/mol. The Hall–Kier alpha value is -1.28. The van der Waals surface area contributed by atoms with Crippen LogP contribution in [0.15, 0.2) is 26.9 Å². The lowest BCUT2D eigenvalue weighted by Gasteiger charge is -2.31. The largest absolute Gasteiger partial charge is 0.323 e. The van der Waals surface area contributed by atoms with Crippen LogP contribution in [0.2, 0.25) is 0 Å². The minimum absolute atomic E-state index is 0. The Morgan fingerprint density at radius 1 is 1.36 bits per heavy atom. The van der Waals surface area contributed by atoms with E-state index in [2.05, 4.69) is 24.3 Å². The molecule has 2 heterocycles. The summed E-state index contributed by atoms with van der Waals surface area (Å²) in [6, 6.07) is 6.24. The molecule has 0 unspecified atom stereocenters.